The molecule has 0 aliphatic heterocycles. The summed E-state index contributed by atoms with van der Waals surface area (Å²) in [5, 5.41) is 0. The van der Waals surface area contributed by atoms with Gasteiger partial charge in [0.1, 0.15) is 6.61 Å². The summed E-state index contributed by atoms with van der Waals surface area (Å²) >= 11 is 0. The Morgan fingerprint density at radius 3 is 2.55 bits per heavy atom. The first kappa shape index (κ1) is 10.6. The van der Waals surface area contributed by atoms with Crippen molar-refractivity contribution in [1.82, 2.24) is 0 Å². The minimum Gasteiger partial charge on any atom is -0.374 e. The molecule has 11 heavy (non-hydrogen) atoms. The number of ketones is 1. The molecule has 0 saturated heterocycles. The second-order valence-corrected chi connectivity index (χ2v) is 3.03. The van der Waals surface area contributed by atoms with Crippen LogP contribution in [0.15, 0.2) is 0 Å². The van der Waals surface area contributed by atoms with Crippen molar-refractivity contribution >= 4 is 5.78 Å². The fourth-order valence-corrected chi connectivity index (χ4v) is 0.586. The summed E-state index contributed by atoms with van der Waals surface area (Å²) < 4.78 is 5.15. The van der Waals surface area contributed by atoms with Crippen molar-refractivity contribution in [3.8, 4) is 0 Å². The van der Waals surface area contributed by atoms with E-state index in [1.54, 1.807) is 0 Å². The van der Waals surface area contributed by atoms with Crippen molar-refractivity contribution in [1.29, 1.82) is 0 Å². The first-order valence-corrected chi connectivity index (χ1v) is 4.29. The maximum atomic E-state index is 11.0. The number of carbonyl (C=O) groups excluding carboxylic acids is 1. The summed E-state index contributed by atoms with van der Waals surface area (Å²) in [6, 6.07) is 0. The highest BCUT2D eigenvalue weighted by Gasteiger charge is 2.05. The van der Waals surface area contributed by atoms with Gasteiger partial charge in [0.05, 0.1) is 0 Å². The predicted octanol–water partition coefficient (Wildman–Crippen LogP) is 2.03. The Hall–Kier alpha value is -0.370. The van der Waals surface area contributed by atoms with Crippen LogP contribution in [0.1, 0.15) is 33.6 Å². The molecule has 0 unspecified atom stereocenters. The highest BCUT2D eigenvalue weighted by Crippen LogP contribution is 1.95. The van der Waals surface area contributed by atoms with Gasteiger partial charge in [-0.05, 0) is 6.42 Å². The van der Waals surface area contributed by atoms with Crippen LogP contribution in [0.4, 0.5) is 0 Å². The van der Waals surface area contributed by atoms with Crippen LogP contribution in [0.2, 0.25) is 0 Å². The van der Waals surface area contributed by atoms with E-state index >= 15 is 0 Å². The molecule has 0 N–H and O–H groups in total. The Kier molecular flexibility index (Phi) is 6.13. The Labute approximate surface area is 68.9 Å². The molecule has 0 aromatic carbocycles. The van der Waals surface area contributed by atoms with Gasteiger partial charge in [-0.25, -0.2) is 0 Å². The number of ether oxygens (including phenoxy) is 1. The molecule has 0 saturated carbocycles. The highest BCUT2D eigenvalue weighted by atomic mass is 16.5. The van der Waals surface area contributed by atoms with E-state index in [4.69, 9.17) is 4.74 Å². The number of carbonyl (C=O) groups is 1. The molecule has 0 aliphatic rings. The fourth-order valence-electron chi connectivity index (χ4n) is 0.586. The van der Waals surface area contributed by atoms with Gasteiger partial charge in [-0.15, -0.1) is 0 Å². The third kappa shape index (κ3) is 6.05. The summed E-state index contributed by atoms with van der Waals surface area (Å²) in [4.78, 5) is 11.0. The van der Waals surface area contributed by atoms with Crippen LogP contribution < -0.4 is 0 Å². The van der Waals surface area contributed by atoms with Gasteiger partial charge in [-0.3, -0.25) is 4.79 Å². The SMILES string of the molecule is CCCCOCC(=O)C(C)C. The average Bonchev–Trinajstić information content (AvgIpc) is 1.97. The van der Waals surface area contributed by atoms with Gasteiger partial charge < -0.3 is 4.74 Å². The Balaban J connectivity index is 3.18. The molecule has 0 heterocycles. The smallest absolute Gasteiger partial charge is 0.160 e. The molecule has 2 heteroatoms. The lowest BCUT2D eigenvalue weighted by Crippen LogP contribution is -2.15. The van der Waals surface area contributed by atoms with E-state index in [2.05, 4.69) is 6.92 Å². The summed E-state index contributed by atoms with van der Waals surface area (Å²) in [6.07, 6.45) is 2.17. The van der Waals surface area contributed by atoms with Crippen LogP contribution in [0.5, 0.6) is 0 Å². The Morgan fingerprint density at radius 1 is 1.45 bits per heavy atom. The quantitative estimate of drug-likeness (QED) is 0.553. The van der Waals surface area contributed by atoms with E-state index in [9.17, 15) is 4.79 Å². The van der Waals surface area contributed by atoms with E-state index in [0.717, 1.165) is 19.4 Å². The summed E-state index contributed by atoms with van der Waals surface area (Å²) in [5.41, 5.74) is 0. The minimum atomic E-state index is 0.108. The number of hydrogen-bond donors (Lipinski definition) is 0. The molecule has 0 aromatic heterocycles. The van der Waals surface area contributed by atoms with Crippen LogP contribution in [0, 0.1) is 5.92 Å². The van der Waals surface area contributed by atoms with Crippen LogP contribution in [0.3, 0.4) is 0 Å². The molecular weight excluding hydrogens is 140 g/mol. The average molecular weight is 158 g/mol. The fraction of sp³-hybridized carbons (Fsp3) is 0.889. The molecule has 66 valence electrons. The van der Waals surface area contributed by atoms with Crippen LogP contribution in [0.25, 0.3) is 0 Å². The van der Waals surface area contributed by atoms with Gasteiger partial charge in [0.15, 0.2) is 5.78 Å². The van der Waals surface area contributed by atoms with Crippen molar-refractivity contribution in [3.63, 3.8) is 0 Å². The summed E-state index contributed by atoms with van der Waals surface area (Å²) in [7, 11) is 0. The van der Waals surface area contributed by atoms with E-state index in [1.807, 2.05) is 13.8 Å². The Bertz CT molecular complexity index is 108. The second kappa shape index (κ2) is 6.35. The molecule has 2 nitrogen and oxygen atoms in total. The van der Waals surface area contributed by atoms with Gasteiger partial charge in [0.25, 0.3) is 0 Å². The summed E-state index contributed by atoms with van der Waals surface area (Å²) in [6.45, 7) is 6.90. The van der Waals surface area contributed by atoms with Gasteiger partial charge in [-0.2, -0.15) is 0 Å². The summed E-state index contributed by atoms with van der Waals surface area (Å²) in [5.74, 6) is 0.303. The standard InChI is InChI=1S/C9H18O2/c1-4-5-6-11-7-9(10)8(2)3/h8H,4-7H2,1-3H3. The molecule has 0 rings (SSSR count). The van der Waals surface area contributed by atoms with Crippen LogP contribution in [-0.4, -0.2) is 19.0 Å². The molecular formula is C9H18O2. The topological polar surface area (TPSA) is 26.3 Å². The molecule has 0 atom stereocenters. The highest BCUT2D eigenvalue weighted by molar-refractivity contribution is 5.81. The monoisotopic (exact) mass is 158 g/mol. The van der Waals surface area contributed by atoms with E-state index < -0.39 is 0 Å². The van der Waals surface area contributed by atoms with Crippen molar-refractivity contribution in [2.45, 2.75) is 33.6 Å². The zero-order valence-electron chi connectivity index (χ0n) is 7.72. The second-order valence-electron chi connectivity index (χ2n) is 3.03. The predicted molar refractivity (Wildman–Crippen MR) is 45.6 cm³/mol. The molecule has 0 radical (unpaired) electrons. The Morgan fingerprint density at radius 2 is 2.09 bits per heavy atom. The van der Waals surface area contributed by atoms with Crippen LogP contribution >= 0.6 is 0 Å². The lowest BCUT2D eigenvalue weighted by atomic mass is 10.1. The number of hydrogen-bond acceptors (Lipinski definition) is 2. The number of unbranched alkanes of at least 4 members (excludes halogenated alkanes) is 1. The lowest BCUT2D eigenvalue weighted by Gasteiger charge is -2.04. The minimum absolute atomic E-state index is 0.108. The lowest BCUT2D eigenvalue weighted by molar-refractivity contribution is -0.126. The first-order chi connectivity index (χ1) is 5.18. The normalized spacial score (nSPS) is 10.5. The molecule has 0 aliphatic carbocycles. The zero-order chi connectivity index (χ0) is 8.69. The molecule has 0 fully saturated rings. The van der Waals surface area contributed by atoms with Gasteiger partial charge in [-0.1, -0.05) is 27.2 Å². The van der Waals surface area contributed by atoms with E-state index in [1.165, 1.54) is 0 Å². The third-order valence-electron chi connectivity index (χ3n) is 1.53. The van der Waals surface area contributed by atoms with Gasteiger partial charge >= 0.3 is 0 Å². The van der Waals surface area contributed by atoms with Crippen molar-refractivity contribution in [2.24, 2.45) is 5.92 Å². The van der Waals surface area contributed by atoms with Crippen molar-refractivity contribution in [3.05, 3.63) is 0 Å². The maximum absolute atomic E-state index is 11.0. The number of Topliss-reactive ketones (excluding diaryl/α,β-unsaturated/α-hetero) is 1. The van der Waals surface area contributed by atoms with Crippen molar-refractivity contribution in [2.75, 3.05) is 13.2 Å². The zero-order valence-corrected chi connectivity index (χ0v) is 7.72. The van der Waals surface area contributed by atoms with Gasteiger partial charge in [0, 0.05) is 12.5 Å². The third-order valence-corrected chi connectivity index (χ3v) is 1.53. The molecule has 0 bridgehead atoms. The number of rotatable bonds is 6. The van der Waals surface area contributed by atoms with E-state index in [0.29, 0.717) is 0 Å². The van der Waals surface area contributed by atoms with E-state index in [-0.39, 0.29) is 18.3 Å². The first-order valence-electron chi connectivity index (χ1n) is 4.29. The maximum Gasteiger partial charge on any atom is 0.160 e. The van der Waals surface area contributed by atoms with Crippen LogP contribution in [-0.2, 0) is 9.53 Å². The molecule has 0 spiro atoms. The molecule has 0 aromatic rings. The molecule has 0 amide bonds. The largest absolute Gasteiger partial charge is 0.374 e. The van der Waals surface area contributed by atoms with Gasteiger partial charge in [0.2, 0.25) is 0 Å². The van der Waals surface area contributed by atoms with Crippen molar-refractivity contribution < 1.29 is 9.53 Å².